The fraction of sp³-hybridized carbons (Fsp3) is 0.500. The summed E-state index contributed by atoms with van der Waals surface area (Å²) in [5, 5.41) is 3.45. The molecule has 2 atom stereocenters. The molecule has 0 aromatic carbocycles. The number of fused-ring (bicyclic) bond motifs is 3. The van der Waals surface area contributed by atoms with E-state index in [0.717, 1.165) is 11.7 Å². The van der Waals surface area contributed by atoms with Gasteiger partial charge in [-0.1, -0.05) is 6.07 Å². The molecule has 1 aliphatic heterocycles. The van der Waals surface area contributed by atoms with E-state index in [4.69, 9.17) is 0 Å². The molecule has 2 aliphatic rings. The Labute approximate surface area is 72.0 Å². The minimum Gasteiger partial charge on any atom is -0.366 e. The van der Waals surface area contributed by atoms with Crippen LogP contribution in [0.25, 0.3) is 0 Å². The highest BCUT2D eigenvalue weighted by atomic mass is 15.1. The van der Waals surface area contributed by atoms with Gasteiger partial charge in [0.25, 0.3) is 0 Å². The van der Waals surface area contributed by atoms with Crippen molar-refractivity contribution in [3.05, 3.63) is 23.4 Å². The van der Waals surface area contributed by atoms with Crippen molar-refractivity contribution in [1.29, 1.82) is 0 Å². The number of hydrogen-bond donors (Lipinski definition) is 1. The molecule has 1 aromatic heterocycles. The molecule has 2 nitrogen and oxygen atoms in total. The lowest BCUT2D eigenvalue weighted by atomic mass is 9.78. The molecule has 1 aromatic rings. The van der Waals surface area contributed by atoms with Gasteiger partial charge in [-0.05, 0) is 30.9 Å². The lowest BCUT2D eigenvalue weighted by Gasteiger charge is -2.29. The van der Waals surface area contributed by atoms with Crippen LogP contribution in [0.15, 0.2) is 12.3 Å². The number of aromatic nitrogens is 1. The third kappa shape index (κ3) is 0.675. The summed E-state index contributed by atoms with van der Waals surface area (Å²) in [7, 11) is 0. The summed E-state index contributed by atoms with van der Waals surface area (Å²) in [5.41, 5.74) is 2.73. The quantitative estimate of drug-likeness (QED) is 0.628. The molecule has 0 spiro atoms. The fourth-order valence-corrected chi connectivity index (χ4v) is 2.22. The Bertz CT molecular complexity index is 333. The Kier molecular flexibility index (Phi) is 1.08. The topological polar surface area (TPSA) is 24.9 Å². The molecular weight excluding hydrogens is 148 g/mol. The molecule has 0 saturated heterocycles. The molecule has 1 saturated carbocycles. The van der Waals surface area contributed by atoms with Crippen LogP contribution in [0.2, 0.25) is 0 Å². The zero-order valence-electron chi connectivity index (χ0n) is 7.17. The molecule has 1 aliphatic carbocycles. The number of rotatable bonds is 0. The molecular formula is C10H12N2. The largest absolute Gasteiger partial charge is 0.366 e. The number of nitrogens with zero attached hydrogens (tertiary/aromatic N) is 1. The summed E-state index contributed by atoms with van der Waals surface area (Å²) in [6.07, 6.45) is 4.60. The Balaban J connectivity index is 2.13. The van der Waals surface area contributed by atoms with E-state index in [1.165, 1.54) is 24.0 Å². The summed E-state index contributed by atoms with van der Waals surface area (Å²) in [6.45, 7) is 2.11. The van der Waals surface area contributed by atoms with Crippen molar-refractivity contribution in [2.75, 3.05) is 5.32 Å². The zero-order chi connectivity index (χ0) is 8.13. The van der Waals surface area contributed by atoms with Gasteiger partial charge in [0.2, 0.25) is 0 Å². The van der Waals surface area contributed by atoms with E-state index in [1.807, 2.05) is 6.20 Å². The number of pyridine rings is 1. The Hall–Kier alpha value is -1.05. The van der Waals surface area contributed by atoms with Crippen LogP contribution in [0.4, 0.5) is 5.82 Å². The molecule has 62 valence electrons. The van der Waals surface area contributed by atoms with Crippen molar-refractivity contribution < 1.29 is 0 Å². The smallest absolute Gasteiger partial charge is 0.129 e. The highest BCUT2D eigenvalue weighted by Crippen LogP contribution is 2.46. The molecule has 12 heavy (non-hydrogen) atoms. The van der Waals surface area contributed by atoms with Crippen LogP contribution in [0.5, 0.6) is 0 Å². The second-order valence-corrected chi connectivity index (χ2v) is 3.89. The van der Waals surface area contributed by atoms with Gasteiger partial charge in [0.15, 0.2) is 0 Å². The fourth-order valence-electron chi connectivity index (χ4n) is 2.22. The molecule has 1 fully saturated rings. The molecule has 0 radical (unpaired) electrons. The third-order valence-corrected chi connectivity index (χ3v) is 3.05. The lowest BCUT2D eigenvalue weighted by Crippen LogP contribution is -2.30. The van der Waals surface area contributed by atoms with E-state index in [9.17, 15) is 0 Å². The first-order valence-electron chi connectivity index (χ1n) is 4.58. The van der Waals surface area contributed by atoms with Gasteiger partial charge in [-0.2, -0.15) is 0 Å². The predicted molar refractivity (Wildman–Crippen MR) is 48.4 cm³/mol. The average Bonchev–Trinajstić information content (AvgIpc) is 2.22. The monoisotopic (exact) mass is 160 g/mol. The third-order valence-electron chi connectivity index (χ3n) is 3.05. The first-order chi connectivity index (χ1) is 5.84. The molecule has 2 unspecified atom stereocenters. The minimum atomic E-state index is 0.703. The summed E-state index contributed by atoms with van der Waals surface area (Å²) in [4.78, 5) is 4.39. The maximum Gasteiger partial charge on any atom is 0.129 e. The van der Waals surface area contributed by atoms with E-state index < -0.39 is 0 Å². The first-order valence-corrected chi connectivity index (χ1v) is 4.58. The number of nitrogens with one attached hydrogen (secondary N) is 1. The van der Waals surface area contributed by atoms with E-state index in [0.29, 0.717) is 6.04 Å². The SMILES string of the molecule is Cc1cnc2c(c1)C1CCC1N2. The van der Waals surface area contributed by atoms with Gasteiger partial charge in [-0.25, -0.2) is 4.98 Å². The second kappa shape index (κ2) is 2.00. The molecule has 3 rings (SSSR count). The van der Waals surface area contributed by atoms with Crippen LogP contribution in [-0.2, 0) is 0 Å². The van der Waals surface area contributed by atoms with Crippen LogP contribution >= 0.6 is 0 Å². The van der Waals surface area contributed by atoms with E-state index in [2.05, 4.69) is 23.3 Å². The van der Waals surface area contributed by atoms with Crippen LogP contribution in [0, 0.1) is 6.92 Å². The zero-order valence-corrected chi connectivity index (χ0v) is 7.17. The second-order valence-electron chi connectivity index (χ2n) is 3.89. The van der Waals surface area contributed by atoms with Crippen LogP contribution < -0.4 is 5.32 Å². The van der Waals surface area contributed by atoms with Gasteiger partial charge < -0.3 is 5.32 Å². The highest BCUT2D eigenvalue weighted by Gasteiger charge is 2.39. The molecule has 1 N–H and O–H groups in total. The van der Waals surface area contributed by atoms with Crippen molar-refractivity contribution >= 4 is 5.82 Å². The summed E-state index contributed by atoms with van der Waals surface area (Å²) in [5.74, 6) is 1.90. The average molecular weight is 160 g/mol. The van der Waals surface area contributed by atoms with Crippen molar-refractivity contribution in [3.8, 4) is 0 Å². The van der Waals surface area contributed by atoms with Gasteiger partial charge in [0.1, 0.15) is 5.82 Å². The van der Waals surface area contributed by atoms with E-state index >= 15 is 0 Å². The normalized spacial score (nSPS) is 30.1. The van der Waals surface area contributed by atoms with Crippen LogP contribution in [-0.4, -0.2) is 11.0 Å². The van der Waals surface area contributed by atoms with E-state index in [1.54, 1.807) is 0 Å². The Morgan fingerprint density at radius 2 is 2.42 bits per heavy atom. The summed E-state index contributed by atoms with van der Waals surface area (Å²) in [6, 6.07) is 2.98. The van der Waals surface area contributed by atoms with Gasteiger partial charge >= 0.3 is 0 Å². The van der Waals surface area contributed by atoms with Gasteiger partial charge in [-0.3, -0.25) is 0 Å². The van der Waals surface area contributed by atoms with Gasteiger partial charge in [-0.15, -0.1) is 0 Å². The molecule has 2 heterocycles. The standard InChI is InChI=1S/C10H12N2/c1-6-4-8-7-2-3-9(7)12-10(8)11-5-6/h4-5,7,9H,2-3H2,1H3,(H,11,12). The van der Waals surface area contributed by atoms with Crippen molar-refractivity contribution in [1.82, 2.24) is 4.98 Å². The molecule has 2 heteroatoms. The number of aryl methyl sites for hydroxylation is 1. The van der Waals surface area contributed by atoms with Gasteiger partial charge in [0.05, 0.1) is 0 Å². The lowest BCUT2D eigenvalue weighted by molar-refractivity contribution is 0.391. The summed E-state index contributed by atoms with van der Waals surface area (Å²) < 4.78 is 0. The molecule has 0 amide bonds. The first kappa shape index (κ1) is 6.46. The highest BCUT2D eigenvalue weighted by molar-refractivity contribution is 5.56. The van der Waals surface area contributed by atoms with Crippen LogP contribution in [0.1, 0.15) is 29.9 Å². The van der Waals surface area contributed by atoms with E-state index in [-0.39, 0.29) is 0 Å². The Morgan fingerprint density at radius 3 is 3.17 bits per heavy atom. The van der Waals surface area contributed by atoms with Crippen molar-refractivity contribution in [3.63, 3.8) is 0 Å². The maximum atomic E-state index is 4.39. The maximum absolute atomic E-state index is 4.39. The summed E-state index contributed by atoms with van der Waals surface area (Å²) >= 11 is 0. The minimum absolute atomic E-state index is 0.703. The van der Waals surface area contributed by atoms with Crippen molar-refractivity contribution in [2.45, 2.75) is 31.7 Å². The van der Waals surface area contributed by atoms with Crippen molar-refractivity contribution in [2.24, 2.45) is 0 Å². The predicted octanol–water partition coefficient (Wildman–Crippen LogP) is 2.06. The number of anilines is 1. The van der Waals surface area contributed by atoms with Crippen LogP contribution in [0.3, 0.4) is 0 Å². The molecule has 0 bridgehead atoms. The van der Waals surface area contributed by atoms with Gasteiger partial charge in [0, 0.05) is 18.2 Å². The number of hydrogen-bond acceptors (Lipinski definition) is 2. The Morgan fingerprint density at radius 1 is 1.50 bits per heavy atom.